The number of fused-ring (bicyclic) bond motifs is 1. The Bertz CT molecular complexity index is 466. The smallest absolute Gasteiger partial charge is 0.303 e. The first-order valence-corrected chi connectivity index (χ1v) is 7.24. The molecule has 1 atom stereocenters. The molecule has 2 aliphatic rings. The Hall–Kier alpha value is -1.35. The first kappa shape index (κ1) is 12.7. The summed E-state index contributed by atoms with van der Waals surface area (Å²) >= 11 is 0. The second-order valence-electron chi connectivity index (χ2n) is 5.97. The van der Waals surface area contributed by atoms with E-state index in [-0.39, 0.29) is 0 Å². The van der Waals surface area contributed by atoms with Crippen LogP contribution in [0.15, 0.2) is 24.3 Å². The van der Waals surface area contributed by atoms with Crippen molar-refractivity contribution >= 4 is 5.97 Å². The Balaban J connectivity index is 1.56. The van der Waals surface area contributed by atoms with Crippen molar-refractivity contribution in [2.75, 3.05) is 19.6 Å². The predicted molar refractivity (Wildman–Crippen MR) is 74.3 cm³/mol. The van der Waals surface area contributed by atoms with Crippen LogP contribution in [0.1, 0.15) is 36.3 Å². The zero-order valence-electron chi connectivity index (χ0n) is 11.2. The molecule has 3 rings (SSSR count). The number of hydrogen-bond acceptors (Lipinski definition) is 2. The van der Waals surface area contributed by atoms with E-state index in [1.165, 1.54) is 30.4 Å². The minimum atomic E-state index is -0.660. The van der Waals surface area contributed by atoms with E-state index in [1.54, 1.807) is 0 Å². The Morgan fingerprint density at radius 3 is 2.89 bits per heavy atom. The molecule has 1 aromatic rings. The number of hydrogen-bond donors (Lipinski definition) is 1. The van der Waals surface area contributed by atoms with Crippen molar-refractivity contribution in [1.29, 1.82) is 0 Å². The van der Waals surface area contributed by atoms with E-state index in [0.717, 1.165) is 19.6 Å². The van der Waals surface area contributed by atoms with Gasteiger partial charge in [0, 0.05) is 19.6 Å². The topological polar surface area (TPSA) is 40.5 Å². The summed E-state index contributed by atoms with van der Waals surface area (Å²) in [7, 11) is 0. The second-order valence-corrected chi connectivity index (χ2v) is 5.97. The summed E-state index contributed by atoms with van der Waals surface area (Å²) < 4.78 is 0. The summed E-state index contributed by atoms with van der Waals surface area (Å²) in [5, 5.41) is 8.77. The minimum absolute atomic E-state index is 0.331. The molecule has 1 saturated heterocycles. The molecule has 0 bridgehead atoms. The average molecular weight is 259 g/mol. The van der Waals surface area contributed by atoms with Gasteiger partial charge in [-0.2, -0.15) is 0 Å². The molecule has 0 amide bonds. The molecule has 1 unspecified atom stereocenters. The third kappa shape index (κ3) is 2.81. The maximum absolute atomic E-state index is 10.6. The molecular weight excluding hydrogens is 238 g/mol. The number of aliphatic carboxylic acids is 1. The highest BCUT2D eigenvalue weighted by Crippen LogP contribution is 2.33. The van der Waals surface area contributed by atoms with Gasteiger partial charge in [0.05, 0.1) is 6.42 Å². The van der Waals surface area contributed by atoms with Crippen LogP contribution in [-0.2, 0) is 11.2 Å². The summed E-state index contributed by atoms with van der Waals surface area (Å²) in [5.74, 6) is 0.361. The van der Waals surface area contributed by atoms with E-state index in [4.69, 9.17) is 5.11 Å². The van der Waals surface area contributed by atoms with Crippen LogP contribution in [0.4, 0.5) is 0 Å². The van der Waals surface area contributed by atoms with Crippen LogP contribution in [0.2, 0.25) is 0 Å². The van der Waals surface area contributed by atoms with E-state index < -0.39 is 5.97 Å². The van der Waals surface area contributed by atoms with Gasteiger partial charge in [0.15, 0.2) is 0 Å². The lowest BCUT2D eigenvalue weighted by Crippen LogP contribution is -2.49. The van der Waals surface area contributed by atoms with Gasteiger partial charge in [0.2, 0.25) is 0 Å². The van der Waals surface area contributed by atoms with Gasteiger partial charge >= 0.3 is 5.97 Å². The van der Waals surface area contributed by atoms with Gasteiger partial charge in [-0.1, -0.05) is 24.3 Å². The van der Waals surface area contributed by atoms with Crippen LogP contribution < -0.4 is 0 Å². The van der Waals surface area contributed by atoms with Crippen LogP contribution >= 0.6 is 0 Å². The fourth-order valence-corrected chi connectivity index (χ4v) is 3.56. The van der Waals surface area contributed by atoms with Gasteiger partial charge < -0.3 is 10.0 Å². The fraction of sp³-hybridized carbons (Fsp3) is 0.562. The quantitative estimate of drug-likeness (QED) is 0.903. The molecular formula is C16H21NO2. The standard InChI is InChI=1S/C16H21NO2/c18-16(19)8-12-9-17(10-12)11-14-6-3-5-13-4-1-2-7-15(13)14/h1-2,4,7,12,14H,3,5-6,8-11H2,(H,18,19). The van der Waals surface area contributed by atoms with E-state index in [1.807, 2.05) is 0 Å². The Kier molecular flexibility index (Phi) is 3.56. The average Bonchev–Trinajstić information content (AvgIpc) is 2.36. The van der Waals surface area contributed by atoms with Crippen molar-refractivity contribution in [2.45, 2.75) is 31.6 Å². The fourth-order valence-electron chi connectivity index (χ4n) is 3.56. The molecule has 0 radical (unpaired) electrons. The lowest BCUT2D eigenvalue weighted by atomic mass is 9.81. The molecule has 3 heteroatoms. The molecule has 1 aromatic carbocycles. The molecule has 3 nitrogen and oxygen atoms in total. The largest absolute Gasteiger partial charge is 0.481 e. The predicted octanol–water partition coefficient (Wildman–Crippen LogP) is 2.51. The van der Waals surface area contributed by atoms with Crippen LogP contribution in [0.3, 0.4) is 0 Å². The summed E-state index contributed by atoms with van der Waals surface area (Å²) in [6.07, 6.45) is 4.11. The van der Waals surface area contributed by atoms with Gasteiger partial charge in [-0.05, 0) is 42.2 Å². The summed E-state index contributed by atoms with van der Waals surface area (Å²) in [4.78, 5) is 13.1. The highest BCUT2D eigenvalue weighted by Gasteiger charge is 2.31. The van der Waals surface area contributed by atoms with Crippen LogP contribution in [0.5, 0.6) is 0 Å². The van der Waals surface area contributed by atoms with Crippen LogP contribution in [-0.4, -0.2) is 35.6 Å². The van der Waals surface area contributed by atoms with Crippen molar-refractivity contribution < 1.29 is 9.90 Å². The van der Waals surface area contributed by atoms with E-state index in [9.17, 15) is 4.79 Å². The zero-order chi connectivity index (χ0) is 13.2. The van der Waals surface area contributed by atoms with E-state index >= 15 is 0 Å². The Morgan fingerprint density at radius 2 is 2.11 bits per heavy atom. The van der Waals surface area contributed by atoms with E-state index in [2.05, 4.69) is 29.2 Å². The van der Waals surface area contributed by atoms with Crippen molar-refractivity contribution in [3.05, 3.63) is 35.4 Å². The molecule has 0 saturated carbocycles. The monoisotopic (exact) mass is 259 g/mol. The third-order valence-corrected chi connectivity index (χ3v) is 4.47. The zero-order valence-corrected chi connectivity index (χ0v) is 11.2. The number of nitrogens with zero attached hydrogens (tertiary/aromatic N) is 1. The SMILES string of the molecule is O=C(O)CC1CN(CC2CCCc3ccccc32)C1. The van der Waals surface area contributed by atoms with Crippen LogP contribution in [0, 0.1) is 5.92 Å². The molecule has 1 aliphatic carbocycles. The highest BCUT2D eigenvalue weighted by atomic mass is 16.4. The number of carboxylic acids is 1. The van der Waals surface area contributed by atoms with Gasteiger partial charge in [-0.25, -0.2) is 0 Å². The molecule has 0 spiro atoms. The third-order valence-electron chi connectivity index (χ3n) is 4.47. The molecule has 1 N–H and O–H groups in total. The van der Waals surface area contributed by atoms with Crippen LogP contribution in [0.25, 0.3) is 0 Å². The molecule has 0 aromatic heterocycles. The second kappa shape index (κ2) is 5.33. The summed E-state index contributed by atoms with van der Waals surface area (Å²) in [6.45, 7) is 3.03. The maximum atomic E-state index is 10.6. The van der Waals surface area contributed by atoms with E-state index in [0.29, 0.717) is 18.3 Å². The lowest BCUT2D eigenvalue weighted by Gasteiger charge is -2.41. The van der Waals surface area contributed by atoms with Gasteiger partial charge in [0.1, 0.15) is 0 Å². The van der Waals surface area contributed by atoms with Gasteiger partial charge in [-0.15, -0.1) is 0 Å². The first-order chi connectivity index (χ1) is 9.22. The number of carboxylic acid groups (broad SMARTS) is 1. The number of aryl methyl sites for hydroxylation is 1. The van der Waals surface area contributed by atoms with Crippen molar-refractivity contribution in [2.24, 2.45) is 5.92 Å². The minimum Gasteiger partial charge on any atom is -0.481 e. The molecule has 1 heterocycles. The van der Waals surface area contributed by atoms with Gasteiger partial charge in [-0.3, -0.25) is 4.79 Å². The highest BCUT2D eigenvalue weighted by molar-refractivity contribution is 5.67. The molecule has 1 aliphatic heterocycles. The van der Waals surface area contributed by atoms with Crippen molar-refractivity contribution in [3.63, 3.8) is 0 Å². The first-order valence-electron chi connectivity index (χ1n) is 7.24. The lowest BCUT2D eigenvalue weighted by molar-refractivity contribution is -0.139. The maximum Gasteiger partial charge on any atom is 0.303 e. The Labute approximate surface area is 114 Å². The molecule has 1 fully saturated rings. The van der Waals surface area contributed by atoms with Gasteiger partial charge in [0.25, 0.3) is 0 Å². The number of rotatable bonds is 4. The molecule has 19 heavy (non-hydrogen) atoms. The van der Waals surface area contributed by atoms with Crippen molar-refractivity contribution in [1.82, 2.24) is 4.90 Å². The van der Waals surface area contributed by atoms with Crippen molar-refractivity contribution in [3.8, 4) is 0 Å². The normalized spacial score (nSPS) is 23.7. The number of benzene rings is 1. The summed E-state index contributed by atoms with van der Waals surface area (Å²) in [5.41, 5.74) is 3.04. The Morgan fingerprint density at radius 1 is 1.32 bits per heavy atom. The number of likely N-dealkylation sites (tertiary alicyclic amines) is 1. The molecule has 102 valence electrons. The summed E-state index contributed by atoms with van der Waals surface area (Å²) in [6, 6.07) is 8.80. The number of carbonyl (C=O) groups is 1.